The number of sulfonamides is 1. The standard InChI is InChI=1S/C27H32N4O6S/c1-19(27(16-28)38(34,35)30-17-24(33)18-32)25-6-7-26(37-25)22-3-2-21-15-23(5-4-20(21)14-22)29-8-9-31-10-12-36-13-11-31/h2-7,14-15,24,29-30,32-33H,8-13,17-18H2,1H3. The number of hydrogen-bond acceptors (Lipinski definition) is 9. The molecule has 3 aromatic rings. The van der Waals surface area contributed by atoms with Crippen LogP contribution in [-0.4, -0.2) is 82.2 Å². The van der Waals surface area contributed by atoms with E-state index in [1.165, 1.54) is 6.92 Å². The van der Waals surface area contributed by atoms with Crippen molar-refractivity contribution in [2.24, 2.45) is 0 Å². The zero-order valence-corrected chi connectivity index (χ0v) is 22.0. The van der Waals surface area contributed by atoms with E-state index in [2.05, 4.69) is 21.0 Å². The molecule has 10 nitrogen and oxygen atoms in total. The molecule has 2 heterocycles. The summed E-state index contributed by atoms with van der Waals surface area (Å²) in [6, 6.07) is 17.2. The van der Waals surface area contributed by atoms with Crippen molar-refractivity contribution in [2.45, 2.75) is 13.0 Å². The van der Waals surface area contributed by atoms with Gasteiger partial charge in [0.2, 0.25) is 0 Å². The minimum Gasteiger partial charge on any atom is -0.456 e. The second kappa shape index (κ2) is 12.5. The van der Waals surface area contributed by atoms with Crippen molar-refractivity contribution in [2.75, 3.05) is 57.9 Å². The number of anilines is 1. The predicted octanol–water partition coefficient (Wildman–Crippen LogP) is 2.37. The Morgan fingerprint density at radius 1 is 1.13 bits per heavy atom. The number of allylic oxidation sites excluding steroid dienone is 2. The lowest BCUT2D eigenvalue weighted by Gasteiger charge is -2.26. The molecule has 0 bridgehead atoms. The molecule has 2 aromatic carbocycles. The molecule has 1 aromatic heterocycles. The third kappa shape index (κ3) is 6.79. The monoisotopic (exact) mass is 540 g/mol. The number of rotatable bonds is 11. The quantitative estimate of drug-likeness (QED) is 0.269. The Kier molecular flexibility index (Phi) is 9.17. The summed E-state index contributed by atoms with van der Waals surface area (Å²) in [5.74, 6) is 0.775. The van der Waals surface area contributed by atoms with Crippen LogP contribution in [0.3, 0.4) is 0 Å². The van der Waals surface area contributed by atoms with Crippen LogP contribution in [0.15, 0.2) is 57.9 Å². The number of aliphatic hydroxyl groups is 2. The fourth-order valence-corrected chi connectivity index (χ4v) is 5.37. The van der Waals surface area contributed by atoms with Crippen LogP contribution >= 0.6 is 0 Å². The first-order valence-corrected chi connectivity index (χ1v) is 13.9. The average Bonchev–Trinajstić information content (AvgIpc) is 3.43. The smallest absolute Gasteiger partial charge is 0.251 e. The molecule has 1 aliphatic heterocycles. The molecule has 4 N–H and O–H groups in total. The van der Waals surface area contributed by atoms with Crippen LogP contribution in [0, 0.1) is 11.3 Å². The van der Waals surface area contributed by atoms with Gasteiger partial charge in [-0.1, -0.05) is 18.2 Å². The van der Waals surface area contributed by atoms with E-state index in [1.807, 2.05) is 30.3 Å². The first-order chi connectivity index (χ1) is 18.3. The van der Waals surface area contributed by atoms with Crippen LogP contribution in [0.1, 0.15) is 12.7 Å². The summed E-state index contributed by atoms with van der Waals surface area (Å²) in [5, 5.41) is 33.4. The maximum absolute atomic E-state index is 12.6. The third-order valence-electron chi connectivity index (χ3n) is 6.39. The summed E-state index contributed by atoms with van der Waals surface area (Å²) in [6.07, 6.45) is -1.27. The van der Waals surface area contributed by atoms with Crippen LogP contribution in [-0.2, 0) is 14.8 Å². The van der Waals surface area contributed by atoms with E-state index in [9.17, 15) is 18.8 Å². The zero-order chi connectivity index (χ0) is 27.1. The van der Waals surface area contributed by atoms with Crippen LogP contribution in [0.25, 0.3) is 27.7 Å². The van der Waals surface area contributed by atoms with Crippen LogP contribution < -0.4 is 10.0 Å². The molecule has 1 fully saturated rings. The van der Waals surface area contributed by atoms with Crippen molar-refractivity contribution in [1.82, 2.24) is 9.62 Å². The van der Waals surface area contributed by atoms with E-state index in [1.54, 1.807) is 18.2 Å². The number of hydrogen-bond donors (Lipinski definition) is 4. The van der Waals surface area contributed by atoms with Crippen molar-refractivity contribution in [1.29, 1.82) is 5.26 Å². The van der Waals surface area contributed by atoms with Gasteiger partial charge < -0.3 is 24.7 Å². The third-order valence-corrected chi connectivity index (χ3v) is 7.87. The number of morpholine rings is 1. The lowest BCUT2D eigenvalue weighted by molar-refractivity contribution is 0.0398. The highest BCUT2D eigenvalue weighted by Gasteiger charge is 2.23. The molecule has 1 saturated heterocycles. The molecule has 38 heavy (non-hydrogen) atoms. The lowest BCUT2D eigenvalue weighted by Crippen LogP contribution is -2.38. The summed E-state index contributed by atoms with van der Waals surface area (Å²) in [4.78, 5) is 1.86. The van der Waals surface area contributed by atoms with Gasteiger partial charge >= 0.3 is 0 Å². The van der Waals surface area contributed by atoms with Crippen molar-refractivity contribution < 1.29 is 27.8 Å². The molecular weight excluding hydrogens is 508 g/mol. The first-order valence-electron chi connectivity index (χ1n) is 12.4. The number of aliphatic hydroxyl groups excluding tert-OH is 2. The van der Waals surface area contributed by atoms with Crippen molar-refractivity contribution in [3.8, 4) is 17.4 Å². The van der Waals surface area contributed by atoms with Gasteiger partial charge in [0.1, 0.15) is 17.6 Å². The highest BCUT2D eigenvalue weighted by Crippen LogP contribution is 2.31. The van der Waals surface area contributed by atoms with Crippen molar-refractivity contribution in [3.05, 3.63) is 59.2 Å². The number of ether oxygens (including phenoxy) is 1. The van der Waals surface area contributed by atoms with Gasteiger partial charge in [0.25, 0.3) is 10.0 Å². The van der Waals surface area contributed by atoms with Crippen molar-refractivity contribution >= 4 is 32.1 Å². The minimum atomic E-state index is -4.20. The number of nitrogens with one attached hydrogen (secondary N) is 2. The normalized spacial score (nSPS) is 16.2. The van der Waals surface area contributed by atoms with E-state index < -0.39 is 34.2 Å². The van der Waals surface area contributed by atoms with Gasteiger partial charge in [0, 0.05) is 49.5 Å². The zero-order valence-electron chi connectivity index (χ0n) is 21.2. The van der Waals surface area contributed by atoms with Gasteiger partial charge in [-0.3, -0.25) is 4.90 Å². The maximum Gasteiger partial charge on any atom is 0.251 e. The molecule has 1 aliphatic rings. The number of nitriles is 1. The van der Waals surface area contributed by atoms with Crippen LogP contribution in [0.4, 0.5) is 5.69 Å². The van der Waals surface area contributed by atoms with Gasteiger partial charge in [-0.25, -0.2) is 13.1 Å². The second-order valence-electron chi connectivity index (χ2n) is 9.08. The van der Waals surface area contributed by atoms with Crippen LogP contribution in [0.2, 0.25) is 0 Å². The molecule has 0 radical (unpaired) electrons. The van der Waals surface area contributed by atoms with Gasteiger partial charge in [0.05, 0.1) is 25.9 Å². The van der Waals surface area contributed by atoms with Gasteiger partial charge in [-0.2, -0.15) is 5.26 Å². The molecule has 0 aliphatic carbocycles. The number of fused-ring (bicyclic) bond motifs is 1. The van der Waals surface area contributed by atoms with Gasteiger partial charge in [-0.15, -0.1) is 0 Å². The Morgan fingerprint density at radius 2 is 1.87 bits per heavy atom. The number of benzene rings is 2. The van der Waals surface area contributed by atoms with Gasteiger partial charge in [-0.05, 0) is 48.0 Å². The van der Waals surface area contributed by atoms with Gasteiger partial charge in [0.15, 0.2) is 4.91 Å². The lowest BCUT2D eigenvalue weighted by atomic mass is 10.0. The Bertz CT molecular complexity index is 1440. The second-order valence-corrected chi connectivity index (χ2v) is 10.8. The summed E-state index contributed by atoms with van der Waals surface area (Å²) in [7, 11) is -4.20. The summed E-state index contributed by atoms with van der Waals surface area (Å²) in [5.41, 5.74) is 2.00. The molecular formula is C27H32N4O6S. The fraction of sp³-hybridized carbons (Fsp3) is 0.370. The van der Waals surface area contributed by atoms with E-state index in [4.69, 9.17) is 14.3 Å². The molecule has 0 amide bonds. The Balaban J connectivity index is 1.47. The maximum atomic E-state index is 12.6. The molecule has 1 unspecified atom stereocenters. The average molecular weight is 541 g/mol. The fourth-order valence-electron chi connectivity index (χ4n) is 4.19. The molecule has 202 valence electrons. The molecule has 1 atom stereocenters. The summed E-state index contributed by atoms with van der Waals surface area (Å²) in [6.45, 7) is 5.78. The number of furan rings is 1. The van der Waals surface area contributed by atoms with E-state index >= 15 is 0 Å². The SMILES string of the molecule is CC(=C(C#N)S(=O)(=O)NCC(O)CO)c1ccc(-c2ccc3cc(NCCN4CCOCC4)ccc3c2)o1. The Hall–Kier alpha value is -3.24. The van der Waals surface area contributed by atoms with Crippen LogP contribution in [0.5, 0.6) is 0 Å². The van der Waals surface area contributed by atoms with E-state index in [0.29, 0.717) is 5.76 Å². The molecule has 0 saturated carbocycles. The van der Waals surface area contributed by atoms with Crippen molar-refractivity contribution in [3.63, 3.8) is 0 Å². The summed E-state index contributed by atoms with van der Waals surface area (Å²) >= 11 is 0. The minimum absolute atomic E-state index is 0.137. The number of nitrogens with zero attached hydrogens (tertiary/aromatic N) is 2. The molecule has 11 heteroatoms. The predicted molar refractivity (Wildman–Crippen MR) is 146 cm³/mol. The highest BCUT2D eigenvalue weighted by molar-refractivity contribution is 7.93. The largest absolute Gasteiger partial charge is 0.456 e. The van der Waals surface area contributed by atoms with E-state index in [-0.39, 0.29) is 11.3 Å². The topological polar surface area (TPSA) is 148 Å². The molecule has 0 spiro atoms. The summed E-state index contributed by atoms with van der Waals surface area (Å²) < 4.78 is 38.6. The first kappa shape index (κ1) is 27.8. The van der Waals surface area contributed by atoms with E-state index in [0.717, 1.165) is 61.4 Å². The highest BCUT2D eigenvalue weighted by atomic mass is 32.2. The Morgan fingerprint density at radius 3 is 2.61 bits per heavy atom. The molecule has 4 rings (SSSR count). The Labute approximate surface area is 222 Å².